The molecule has 2 amide bonds. The van der Waals surface area contributed by atoms with Crippen LogP contribution in [0.15, 0.2) is 41.8 Å². The van der Waals surface area contributed by atoms with Gasteiger partial charge in [0.2, 0.25) is 11.8 Å². The quantitative estimate of drug-likeness (QED) is 0.789. The van der Waals surface area contributed by atoms with Crippen LogP contribution in [0.5, 0.6) is 0 Å². The fourth-order valence-corrected chi connectivity index (χ4v) is 5.00. The summed E-state index contributed by atoms with van der Waals surface area (Å²) in [6, 6.07) is 10.3. The van der Waals surface area contributed by atoms with Crippen molar-refractivity contribution in [2.24, 2.45) is 5.92 Å². The first-order valence-corrected chi connectivity index (χ1v) is 11.1. The van der Waals surface area contributed by atoms with Gasteiger partial charge >= 0.3 is 0 Å². The number of hydrogen-bond donors (Lipinski definition) is 1. The van der Waals surface area contributed by atoms with E-state index in [2.05, 4.69) is 16.3 Å². The second kappa shape index (κ2) is 9.05. The molecule has 0 radical (unpaired) electrons. The number of carbonyl (C=O) groups is 2. The van der Waals surface area contributed by atoms with Crippen LogP contribution >= 0.6 is 11.3 Å². The lowest BCUT2D eigenvalue weighted by Gasteiger charge is -2.34. The number of halogens is 1. The lowest BCUT2D eigenvalue weighted by molar-refractivity contribution is -0.127. The van der Waals surface area contributed by atoms with Gasteiger partial charge in [0, 0.05) is 23.9 Å². The standard InChI is InChI=1S/C22H26FN3O2S/c23-18-5-1-2-6-19(18)26-14-10-20(22(26)28)25-12-8-16(9-13-25)21(27)24-11-7-17-4-3-15-29-17/h1-6,15-16,20H,7-14H2,(H,24,27). The summed E-state index contributed by atoms with van der Waals surface area (Å²) in [5, 5.41) is 5.10. The summed E-state index contributed by atoms with van der Waals surface area (Å²) in [5.41, 5.74) is 0.361. The number of likely N-dealkylation sites (tertiary alicyclic amines) is 1. The normalized spacial score (nSPS) is 20.9. The summed E-state index contributed by atoms with van der Waals surface area (Å²) in [4.78, 5) is 30.3. The molecule has 0 bridgehead atoms. The summed E-state index contributed by atoms with van der Waals surface area (Å²) in [6.07, 6.45) is 3.08. The number of nitrogens with one attached hydrogen (secondary N) is 1. The third kappa shape index (κ3) is 4.51. The van der Waals surface area contributed by atoms with Crippen LogP contribution in [-0.4, -0.2) is 48.9 Å². The molecule has 2 fully saturated rings. The van der Waals surface area contributed by atoms with E-state index in [1.54, 1.807) is 34.4 Å². The van der Waals surface area contributed by atoms with Crippen molar-refractivity contribution in [3.05, 3.63) is 52.5 Å². The Morgan fingerprint density at radius 3 is 2.62 bits per heavy atom. The van der Waals surface area contributed by atoms with E-state index in [9.17, 15) is 14.0 Å². The Morgan fingerprint density at radius 1 is 1.10 bits per heavy atom. The van der Waals surface area contributed by atoms with Crippen molar-refractivity contribution in [3.63, 3.8) is 0 Å². The fraction of sp³-hybridized carbons (Fsp3) is 0.455. The number of thiophene rings is 1. The average Bonchev–Trinajstić information content (AvgIpc) is 3.38. The first kappa shape index (κ1) is 20.0. The molecule has 0 saturated carbocycles. The zero-order valence-electron chi connectivity index (χ0n) is 16.4. The van der Waals surface area contributed by atoms with Crippen molar-refractivity contribution in [1.82, 2.24) is 10.2 Å². The van der Waals surface area contributed by atoms with Crippen LogP contribution < -0.4 is 10.2 Å². The van der Waals surface area contributed by atoms with Gasteiger partial charge in [-0.05, 0) is 62.4 Å². The second-order valence-electron chi connectivity index (χ2n) is 7.68. The van der Waals surface area contributed by atoms with Gasteiger partial charge in [0.05, 0.1) is 11.7 Å². The Bertz CT molecular complexity index is 850. The third-order valence-electron chi connectivity index (χ3n) is 5.91. The molecule has 2 saturated heterocycles. The van der Waals surface area contributed by atoms with E-state index in [0.29, 0.717) is 25.2 Å². The zero-order valence-corrected chi connectivity index (χ0v) is 17.2. The fourth-order valence-electron chi connectivity index (χ4n) is 4.29. The van der Waals surface area contributed by atoms with Crippen molar-refractivity contribution < 1.29 is 14.0 Å². The average molecular weight is 416 g/mol. The van der Waals surface area contributed by atoms with Crippen molar-refractivity contribution >= 4 is 28.8 Å². The molecule has 2 aliphatic rings. The number of hydrogen-bond acceptors (Lipinski definition) is 4. The number of nitrogens with zero attached hydrogens (tertiary/aromatic N) is 2. The maximum atomic E-state index is 14.1. The van der Waals surface area contributed by atoms with Crippen LogP contribution in [-0.2, 0) is 16.0 Å². The smallest absolute Gasteiger partial charge is 0.244 e. The first-order chi connectivity index (χ1) is 14.1. The van der Waals surface area contributed by atoms with Crippen molar-refractivity contribution in [3.8, 4) is 0 Å². The maximum absolute atomic E-state index is 14.1. The highest BCUT2D eigenvalue weighted by molar-refractivity contribution is 7.09. The molecule has 154 valence electrons. The van der Waals surface area contributed by atoms with E-state index >= 15 is 0 Å². The van der Waals surface area contributed by atoms with E-state index < -0.39 is 0 Å². The molecular weight excluding hydrogens is 389 g/mol. The summed E-state index contributed by atoms with van der Waals surface area (Å²) in [6.45, 7) is 2.65. The lowest BCUT2D eigenvalue weighted by Crippen LogP contribution is -2.48. The Hall–Kier alpha value is -2.25. The van der Waals surface area contributed by atoms with Gasteiger partial charge in [0.1, 0.15) is 5.82 Å². The minimum atomic E-state index is -0.362. The van der Waals surface area contributed by atoms with Crippen molar-refractivity contribution in [1.29, 1.82) is 0 Å². The predicted molar refractivity (Wildman–Crippen MR) is 112 cm³/mol. The number of para-hydroxylation sites is 1. The molecule has 0 aliphatic carbocycles. The second-order valence-corrected chi connectivity index (χ2v) is 8.71. The van der Waals surface area contributed by atoms with Crippen LogP contribution in [0.2, 0.25) is 0 Å². The number of anilines is 1. The molecular formula is C22H26FN3O2S. The molecule has 7 heteroatoms. The Kier molecular flexibility index (Phi) is 6.25. The van der Waals surface area contributed by atoms with Gasteiger partial charge in [-0.3, -0.25) is 14.5 Å². The van der Waals surface area contributed by atoms with Crippen molar-refractivity contribution in [2.75, 3.05) is 31.1 Å². The van der Waals surface area contributed by atoms with E-state index in [4.69, 9.17) is 0 Å². The number of rotatable bonds is 6. The van der Waals surface area contributed by atoms with E-state index in [1.807, 2.05) is 11.4 Å². The largest absolute Gasteiger partial charge is 0.355 e. The maximum Gasteiger partial charge on any atom is 0.244 e. The number of benzene rings is 1. The molecule has 29 heavy (non-hydrogen) atoms. The van der Waals surface area contributed by atoms with Gasteiger partial charge in [-0.15, -0.1) is 11.3 Å². The summed E-state index contributed by atoms with van der Waals surface area (Å²) in [7, 11) is 0. The van der Waals surface area contributed by atoms with E-state index in [-0.39, 0.29) is 29.6 Å². The van der Waals surface area contributed by atoms with Crippen LogP contribution in [0, 0.1) is 11.7 Å². The van der Waals surface area contributed by atoms with Gasteiger partial charge in [-0.2, -0.15) is 0 Å². The minimum Gasteiger partial charge on any atom is -0.355 e. The Labute approximate surface area is 174 Å². The third-order valence-corrected chi connectivity index (χ3v) is 6.85. The Balaban J connectivity index is 1.26. The number of amides is 2. The van der Waals surface area contributed by atoms with Gasteiger partial charge in [-0.1, -0.05) is 18.2 Å². The first-order valence-electron chi connectivity index (χ1n) is 10.2. The molecule has 2 aromatic rings. The van der Waals surface area contributed by atoms with Gasteiger partial charge in [-0.25, -0.2) is 4.39 Å². The summed E-state index contributed by atoms with van der Waals surface area (Å²) in [5.74, 6) is -0.269. The molecule has 1 N–H and O–H groups in total. The highest BCUT2D eigenvalue weighted by Gasteiger charge is 2.39. The summed E-state index contributed by atoms with van der Waals surface area (Å²) < 4.78 is 14.1. The molecule has 3 heterocycles. The van der Waals surface area contributed by atoms with E-state index in [0.717, 1.165) is 32.4 Å². The molecule has 1 atom stereocenters. The highest BCUT2D eigenvalue weighted by atomic mass is 32.1. The van der Waals surface area contributed by atoms with E-state index in [1.165, 1.54) is 10.9 Å². The minimum absolute atomic E-state index is 0.00811. The molecule has 1 aromatic carbocycles. The number of carbonyl (C=O) groups excluding carboxylic acids is 2. The topological polar surface area (TPSA) is 52.7 Å². The van der Waals surface area contributed by atoms with Gasteiger partial charge in [0.25, 0.3) is 0 Å². The molecule has 4 rings (SSSR count). The SMILES string of the molecule is O=C(NCCc1cccs1)C1CCN(C2CCN(c3ccccc3F)C2=O)CC1. The highest BCUT2D eigenvalue weighted by Crippen LogP contribution is 2.29. The zero-order chi connectivity index (χ0) is 20.2. The molecule has 5 nitrogen and oxygen atoms in total. The molecule has 0 spiro atoms. The molecule has 1 unspecified atom stereocenters. The predicted octanol–water partition coefficient (Wildman–Crippen LogP) is 3.06. The molecule has 2 aliphatic heterocycles. The van der Waals surface area contributed by atoms with Crippen LogP contribution in [0.1, 0.15) is 24.1 Å². The van der Waals surface area contributed by atoms with Crippen LogP contribution in [0.25, 0.3) is 0 Å². The van der Waals surface area contributed by atoms with Gasteiger partial charge < -0.3 is 10.2 Å². The Morgan fingerprint density at radius 2 is 1.90 bits per heavy atom. The summed E-state index contributed by atoms with van der Waals surface area (Å²) >= 11 is 1.71. The van der Waals surface area contributed by atoms with Crippen molar-refractivity contribution in [2.45, 2.75) is 31.7 Å². The molecule has 1 aromatic heterocycles. The lowest BCUT2D eigenvalue weighted by atomic mass is 9.94. The van der Waals surface area contributed by atoms with Crippen LogP contribution in [0.3, 0.4) is 0 Å². The monoisotopic (exact) mass is 415 g/mol. The number of piperidine rings is 1. The van der Waals surface area contributed by atoms with Crippen LogP contribution in [0.4, 0.5) is 10.1 Å². The van der Waals surface area contributed by atoms with Gasteiger partial charge in [0.15, 0.2) is 0 Å².